The van der Waals surface area contributed by atoms with Gasteiger partial charge in [0.1, 0.15) is 5.69 Å². The van der Waals surface area contributed by atoms with Crippen LogP contribution in [0.3, 0.4) is 0 Å². The van der Waals surface area contributed by atoms with Crippen molar-refractivity contribution in [3.8, 4) is 22.6 Å². The van der Waals surface area contributed by atoms with Crippen molar-refractivity contribution in [1.29, 1.82) is 0 Å². The molecule has 0 amide bonds. The van der Waals surface area contributed by atoms with Crippen molar-refractivity contribution in [3.63, 3.8) is 0 Å². The molecule has 4 heteroatoms. The summed E-state index contributed by atoms with van der Waals surface area (Å²) in [4.78, 5) is 1.26. The minimum Gasteiger partial charge on any atom is -0.356 e. The second kappa shape index (κ2) is 6.37. The van der Waals surface area contributed by atoms with E-state index in [1.165, 1.54) is 4.90 Å². The first-order valence-electron chi connectivity index (χ1n) is 6.73. The molecule has 0 bridgehead atoms. The zero-order chi connectivity index (χ0) is 14.7. The largest absolute Gasteiger partial charge is 0.356 e. The average molecular weight is 316 g/mol. The van der Waals surface area contributed by atoms with Crippen LogP contribution in [0, 0.1) is 0 Å². The molecule has 0 atom stereocenters. The highest BCUT2D eigenvalue weighted by Gasteiger charge is 2.10. The third kappa shape index (κ3) is 3.14. The van der Waals surface area contributed by atoms with Gasteiger partial charge in [-0.3, -0.25) is 0 Å². The highest BCUT2D eigenvalue weighted by Crippen LogP contribution is 2.31. The van der Waals surface area contributed by atoms with Crippen LogP contribution in [0.25, 0.3) is 22.6 Å². The lowest BCUT2D eigenvalue weighted by atomic mass is 10.1. The Morgan fingerprint density at radius 2 is 1.86 bits per heavy atom. The molecule has 21 heavy (non-hydrogen) atoms. The van der Waals surface area contributed by atoms with E-state index in [9.17, 15) is 0 Å². The SMILES string of the molecule is CCSc1ccc(-c2cc(-c3ccccc3Cl)no2)cc1. The predicted molar refractivity (Wildman–Crippen MR) is 88.8 cm³/mol. The second-order valence-corrected chi connectivity index (χ2v) is 6.26. The molecule has 1 heterocycles. The first-order chi connectivity index (χ1) is 10.3. The Hall–Kier alpha value is -1.71. The van der Waals surface area contributed by atoms with Crippen LogP contribution >= 0.6 is 23.4 Å². The maximum absolute atomic E-state index is 6.19. The van der Waals surface area contributed by atoms with Gasteiger partial charge in [-0.2, -0.15) is 0 Å². The topological polar surface area (TPSA) is 26.0 Å². The van der Waals surface area contributed by atoms with Gasteiger partial charge in [-0.25, -0.2) is 0 Å². The molecule has 2 aromatic carbocycles. The van der Waals surface area contributed by atoms with E-state index >= 15 is 0 Å². The van der Waals surface area contributed by atoms with E-state index in [2.05, 4.69) is 36.3 Å². The van der Waals surface area contributed by atoms with Crippen LogP contribution in [-0.4, -0.2) is 10.9 Å². The van der Waals surface area contributed by atoms with Crippen molar-refractivity contribution in [2.75, 3.05) is 5.75 Å². The summed E-state index contributed by atoms with van der Waals surface area (Å²) in [5.74, 6) is 1.82. The number of nitrogens with zero attached hydrogens (tertiary/aromatic N) is 1. The first kappa shape index (κ1) is 14.2. The number of aromatic nitrogens is 1. The fourth-order valence-corrected chi connectivity index (χ4v) is 2.98. The van der Waals surface area contributed by atoms with Crippen LogP contribution < -0.4 is 0 Å². The molecular weight excluding hydrogens is 302 g/mol. The summed E-state index contributed by atoms with van der Waals surface area (Å²) in [6.07, 6.45) is 0. The summed E-state index contributed by atoms with van der Waals surface area (Å²) >= 11 is 8.00. The summed E-state index contributed by atoms with van der Waals surface area (Å²) in [6.45, 7) is 2.14. The number of hydrogen-bond donors (Lipinski definition) is 0. The van der Waals surface area contributed by atoms with Gasteiger partial charge in [-0.15, -0.1) is 11.8 Å². The molecule has 3 rings (SSSR count). The molecule has 1 aromatic heterocycles. The number of thioether (sulfide) groups is 1. The molecule has 0 saturated heterocycles. The Bertz CT molecular complexity index is 737. The minimum absolute atomic E-state index is 0.673. The van der Waals surface area contributed by atoms with Crippen molar-refractivity contribution in [1.82, 2.24) is 5.16 Å². The van der Waals surface area contributed by atoms with Crippen LogP contribution in [0.1, 0.15) is 6.92 Å². The van der Waals surface area contributed by atoms with Crippen LogP contribution in [0.4, 0.5) is 0 Å². The summed E-state index contributed by atoms with van der Waals surface area (Å²) in [6, 6.07) is 17.8. The fourth-order valence-electron chi connectivity index (χ4n) is 2.09. The van der Waals surface area contributed by atoms with Gasteiger partial charge in [0.2, 0.25) is 0 Å². The Kier molecular flexibility index (Phi) is 4.32. The van der Waals surface area contributed by atoms with Gasteiger partial charge < -0.3 is 4.52 Å². The molecule has 3 aromatic rings. The van der Waals surface area contributed by atoms with Crippen LogP contribution in [0.2, 0.25) is 5.02 Å². The molecule has 106 valence electrons. The molecule has 0 fully saturated rings. The standard InChI is InChI=1S/C17H14ClNOS/c1-2-21-13-9-7-12(8-10-13)17-11-16(19-20-17)14-5-3-4-6-15(14)18/h3-11H,2H2,1H3. The smallest absolute Gasteiger partial charge is 0.167 e. The predicted octanol–water partition coefficient (Wildman–Crippen LogP) is 5.77. The van der Waals surface area contributed by atoms with E-state index < -0.39 is 0 Å². The Morgan fingerprint density at radius 1 is 1.10 bits per heavy atom. The van der Waals surface area contributed by atoms with Gasteiger partial charge in [0.25, 0.3) is 0 Å². The monoisotopic (exact) mass is 315 g/mol. The lowest BCUT2D eigenvalue weighted by Gasteiger charge is -1.99. The molecule has 0 aliphatic heterocycles. The van der Waals surface area contributed by atoms with Crippen molar-refractivity contribution in [2.45, 2.75) is 11.8 Å². The van der Waals surface area contributed by atoms with Crippen molar-refractivity contribution in [2.24, 2.45) is 0 Å². The lowest BCUT2D eigenvalue weighted by Crippen LogP contribution is -1.77. The normalized spacial score (nSPS) is 10.8. The van der Waals surface area contributed by atoms with E-state index in [-0.39, 0.29) is 0 Å². The first-order valence-corrected chi connectivity index (χ1v) is 8.09. The summed E-state index contributed by atoms with van der Waals surface area (Å²) < 4.78 is 5.44. The van der Waals surface area contributed by atoms with Crippen molar-refractivity contribution >= 4 is 23.4 Å². The Morgan fingerprint density at radius 3 is 2.57 bits per heavy atom. The van der Waals surface area contributed by atoms with Gasteiger partial charge >= 0.3 is 0 Å². The van der Waals surface area contributed by atoms with Gasteiger partial charge in [-0.1, -0.05) is 54.0 Å². The Labute approximate surface area is 133 Å². The number of rotatable bonds is 4. The van der Waals surface area contributed by atoms with Gasteiger partial charge in [-0.05, 0) is 24.0 Å². The summed E-state index contributed by atoms with van der Waals surface area (Å²) in [7, 11) is 0. The number of hydrogen-bond acceptors (Lipinski definition) is 3. The number of halogens is 1. The minimum atomic E-state index is 0.673. The fraction of sp³-hybridized carbons (Fsp3) is 0.118. The molecule has 0 saturated carbocycles. The molecule has 0 spiro atoms. The molecule has 0 aliphatic rings. The van der Waals surface area contributed by atoms with Crippen molar-refractivity contribution in [3.05, 3.63) is 59.6 Å². The zero-order valence-electron chi connectivity index (χ0n) is 11.5. The summed E-state index contributed by atoms with van der Waals surface area (Å²) in [5.41, 5.74) is 2.65. The average Bonchev–Trinajstić information content (AvgIpc) is 2.98. The van der Waals surface area contributed by atoms with E-state index in [1.54, 1.807) is 0 Å². The quantitative estimate of drug-likeness (QED) is 0.571. The van der Waals surface area contributed by atoms with Gasteiger partial charge in [0.15, 0.2) is 5.76 Å². The molecule has 0 aliphatic carbocycles. The second-order valence-electron chi connectivity index (χ2n) is 4.51. The highest BCUT2D eigenvalue weighted by molar-refractivity contribution is 7.99. The third-order valence-electron chi connectivity index (χ3n) is 3.11. The van der Waals surface area contributed by atoms with E-state index in [0.717, 1.165) is 28.3 Å². The Balaban J connectivity index is 1.89. The van der Waals surface area contributed by atoms with Crippen LogP contribution in [0.5, 0.6) is 0 Å². The maximum atomic E-state index is 6.19. The molecule has 0 unspecified atom stereocenters. The van der Waals surface area contributed by atoms with Gasteiger partial charge in [0.05, 0.1) is 5.02 Å². The number of benzene rings is 2. The van der Waals surface area contributed by atoms with Crippen LogP contribution in [0.15, 0.2) is 64.0 Å². The molecule has 0 N–H and O–H groups in total. The van der Waals surface area contributed by atoms with E-state index in [4.69, 9.17) is 16.1 Å². The third-order valence-corrected chi connectivity index (χ3v) is 4.33. The zero-order valence-corrected chi connectivity index (χ0v) is 13.1. The lowest BCUT2D eigenvalue weighted by molar-refractivity contribution is 0.435. The molecule has 2 nitrogen and oxygen atoms in total. The van der Waals surface area contributed by atoms with E-state index in [0.29, 0.717) is 5.02 Å². The highest BCUT2D eigenvalue weighted by atomic mass is 35.5. The maximum Gasteiger partial charge on any atom is 0.167 e. The summed E-state index contributed by atoms with van der Waals surface area (Å²) in [5, 5.41) is 4.79. The van der Waals surface area contributed by atoms with Crippen LogP contribution in [-0.2, 0) is 0 Å². The van der Waals surface area contributed by atoms with E-state index in [1.807, 2.05) is 42.1 Å². The van der Waals surface area contributed by atoms with Gasteiger partial charge in [0, 0.05) is 22.1 Å². The molecule has 0 radical (unpaired) electrons. The van der Waals surface area contributed by atoms with Crippen molar-refractivity contribution < 1.29 is 4.52 Å². The molecular formula is C17H14ClNOS.